The smallest absolute Gasteiger partial charge is 0.207 e. The Kier molecular flexibility index (Phi) is 2.65. The number of nitrogens with zero attached hydrogens (tertiary/aromatic N) is 2. The summed E-state index contributed by atoms with van der Waals surface area (Å²) in [5.74, 6) is 0.545. The normalized spacial score (nSPS) is 27.3. The van der Waals surface area contributed by atoms with Crippen molar-refractivity contribution in [2.24, 2.45) is 5.92 Å². The van der Waals surface area contributed by atoms with Crippen LogP contribution in [-0.2, 0) is 10.0 Å². The van der Waals surface area contributed by atoms with E-state index in [0.717, 1.165) is 19.3 Å². The van der Waals surface area contributed by atoms with Gasteiger partial charge in [-0.25, -0.2) is 8.42 Å². The third kappa shape index (κ3) is 1.73. The number of benzene rings is 1. The van der Waals surface area contributed by atoms with Crippen molar-refractivity contribution in [1.29, 1.82) is 5.26 Å². The lowest BCUT2D eigenvalue weighted by Gasteiger charge is -2.26. The summed E-state index contributed by atoms with van der Waals surface area (Å²) in [5, 5.41) is 8.72. The van der Waals surface area contributed by atoms with Crippen LogP contribution in [0.3, 0.4) is 0 Å². The molecule has 2 bridgehead atoms. The van der Waals surface area contributed by atoms with Gasteiger partial charge in [0.15, 0.2) is 0 Å². The van der Waals surface area contributed by atoms with Crippen molar-refractivity contribution >= 4 is 10.0 Å². The highest BCUT2D eigenvalue weighted by atomic mass is 32.2. The summed E-state index contributed by atoms with van der Waals surface area (Å²) in [5.41, 5.74) is 0.483. The Morgan fingerprint density at radius 3 is 2.44 bits per heavy atom. The molecule has 0 amide bonds. The standard InChI is InChI=1S/C13H14N2O2S/c14-8-10-2-5-13(6-3-10)18(16,17)15-9-11-1-4-12(15)7-11/h2-3,5-6,11-12H,1,4,7,9H2. The average molecular weight is 262 g/mol. The summed E-state index contributed by atoms with van der Waals surface area (Å²) in [4.78, 5) is 0.300. The van der Waals surface area contributed by atoms with Gasteiger partial charge in [-0.05, 0) is 49.4 Å². The maximum Gasteiger partial charge on any atom is 0.243 e. The Bertz CT molecular complexity index is 601. The Balaban J connectivity index is 1.92. The minimum atomic E-state index is -3.37. The molecule has 18 heavy (non-hydrogen) atoms. The number of nitriles is 1. The monoisotopic (exact) mass is 262 g/mol. The van der Waals surface area contributed by atoms with E-state index in [1.807, 2.05) is 6.07 Å². The Hall–Kier alpha value is -1.38. The van der Waals surface area contributed by atoms with Gasteiger partial charge in [0.25, 0.3) is 0 Å². The fourth-order valence-corrected chi connectivity index (χ4v) is 4.75. The summed E-state index contributed by atoms with van der Waals surface area (Å²) in [6.45, 7) is 0.660. The van der Waals surface area contributed by atoms with Gasteiger partial charge in [-0.1, -0.05) is 0 Å². The van der Waals surface area contributed by atoms with Crippen LogP contribution in [-0.4, -0.2) is 25.3 Å². The number of piperidine rings is 1. The van der Waals surface area contributed by atoms with Crippen LogP contribution in [0.25, 0.3) is 0 Å². The van der Waals surface area contributed by atoms with E-state index < -0.39 is 10.0 Å². The van der Waals surface area contributed by atoms with Gasteiger partial charge < -0.3 is 0 Å². The van der Waals surface area contributed by atoms with Gasteiger partial charge in [-0.2, -0.15) is 9.57 Å². The molecule has 1 saturated carbocycles. The molecule has 1 aliphatic carbocycles. The maximum atomic E-state index is 12.5. The van der Waals surface area contributed by atoms with Crippen LogP contribution in [0, 0.1) is 17.2 Å². The molecule has 1 heterocycles. The van der Waals surface area contributed by atoms with E-state index in [0.29, 0.717) is 22.9 Å². The fraction of sp³-hybridized carbons (Fsp3) is 0.462. The molecule has 1 aromatic carbocycles. The summed E-state index contributed by atoms with van der Waals surface area (Å²) < 4.78 is 26.6. The van der Waals surface area contributed by atoms with Crippen LogP contribution in [0.1, 0.15) is 24.8 Å². The first kappa shape index (κ1) is 11.7. The Morgan fingerprint density at radius 1 is 1.22 bits per heavy atom. The zero-order chi connectivity index (χ0) is 12.8. The quantitative estimate of drug-likeness (QED) is 0.815. The first-order valence-corrected chi connectivity index (χ1v) is 7.57. The largest absolute Gasteiger partial charge is 0.243 e. The zero-order valence-corrected chi connectivity index (χ0v) is 10.7. The first-order valence-electron chi connectivity index (χ1n) is 6.13. The van der Waals surface area contributed by atoms with Crippen LogP contribution in [0.4, 0.5) is 0 Å². The van der Waals surface area contributed by atoms with E-state index in [-0.39, 0.29) is 6.04 Å². The van der Waals surface area contributed by atoms with Crippen molar-refractivity contribution in [3.63, 3.8) is 0 Å². The molecule has 0 radical (unpaired) electrons. The van der Waals surface area contributed by atoms with Gasteiger partial charge in [0.1, 0.15) is 0 Å². The Morgan fingerprint density at radius 2 is 1.94 bits per heavy atom. The molecule has 3 rings (SSSR count). The zero-order valence-electron chi connectivity index (χ0n) is 9.91. The minimum Gasteiger partial charge on any atom is -0.207 e. The van der Waals surface area contributed by atoms with Crippen molar-refractivity contribution in [3.05, 3.63) is 29.8 Å². The molecule has 2 aliphatic rings. The second-order valence-electron chi connectivity index (χ2n) is 5.04. The van der Waals surface area contributed by atoms with Crippen molar-refractivity contribution in [2.75, 3.05) is 6.54 Å². The molecule has 0 N–H and O–H groups in total. The molecule has 1 aliphatic heterocycles. The third-order valence-corrected chi connectivity index (χ3v) is 5.88. The molecular formula is C13H14N2O2S. The highest BCUT2D eigenvalue weighted by Crippen LogP contribution is 2.40. The molecule has 94 valence electrons. The molecular weight excluding hydrogens is 248 g/mol. The number of fused-ring (bicyclic) bond motifs is 2. The molecule has 4 nitrogen and oxygen atoms in total. The lowest BCUT2D eigenvalue weighted by atomic mass is 10.1. The lowest BCUT2D eigenvalue weighted by Crippen LogP contribution is -2.37. The van der Waals surface area contributed by atoms with Crippen LogP contribution in [0.15, 0.2) is 29.2 Å². The van der Waals surface area contributed by atoms with Crippen molar-refractivity contribution in [1.82, 2.24) is 4.31 Å². The van der Waals surface area contributed by atoms with E-state index in [9.17, 15) is 8.42 Å². The van der Waals surface area contributed by atoms with E-state index in [1.54, 1.807) is 16.4 Å². The van der Waals surface area contributed by atoms with E-state index in [1.165, 1.54) is 12.1 Å². The minimum absolute atomic E-state index is 0.190. The van der Waals surface area contributed by atoms with Crippen LogP contribution in [0.5, 0.6) is 0 Å². The van der Waals surface area contributed by atoms with Gasteiger partial charge in [0.05, 0.1) is 16.5 Å². The molecule has 0 aromatic heterocycles. The Labute approximate surface area is 107 Å². The van der Waals surface area contributed by atoms with Gasteiger partial charge >= 0.3 is 0 Å². The molecule has 2 unspecified atom stereocenters. The van der Waals surface area contributed by atoms with Gasteiger partial charge in [-0.3, -0.25) is 0 Å². The van der Waals surface area contributed by atoms with Crippen LogP contribution < -0.4 is 0 Å². The first-order chi connectivity index (χ1) is 8.61. The topological polar surface area (TPSA) is 61.2 Å². The number of hydrogen-bond acceptors (Lipinski definition) is 3. The van der Waals surface area contributed by atoms with E-state index in [2.05, 4.69) is 0 Å². The SMILES string of the molecule is N#Cc1ccc(S(=O)(=O)N2CC3CCC2C3)cc1. The highest BCUT2D eigenvalue weighted by Gasteiger charge is 2.44. The molecule has 2 fully saturated rings. The maximum absolute atomic E-state index is 12.5. The molecule has 2 atom stereocenters. The second kappa shape index (κ2) is 4.08. The molecule has 1 aromatic rings. The summed E-state index contributed by atoms with van der Waals surface area (Å²) in [6, 6.07) is 8.35. The van der Waals surface area contributed by atoms with E-state index in [4.69, 9.17) is 5.26 Å². The van der Waals surface area contributed by atoms with Crippen LogP contribution in [0.2, 0.25) is 0 Å². The number of hydrogen-bond donors (Lipinski definition) is 0. The van der Waals surface area contributed by atoms with Crippen molar-refractivity contribution in [3.8, 4) is 6.07 Å². The lowest BCUT2D eigenvalue weighted by molar-refractivity contribution is 0.333. The predicted octanol–water partition coefficient (Wildman–Crippen LogP) is 1.73. The second-order valence-corrected chi connectivity index (χ2v) is 6.93. The van der Waals surface area contributed by atoms with Gasteiger partial charge in [0.2, 0.25) is 10.0 Å². The summed E-state index contributed by atoms with van der Waals surface area (Å²) in [6.07, 6.45) is 3.15. The van der Waals surface area contributed by atoms with Gasteiger partial charge in [0, 0.05) is 12.6 Å². The van der Waals surface area contributed by atoms with E-state index >= 15 is 0 Å². The predicted molar refractivity (Wildman–Crippen MR) is 66.2 cm³/mol. The van der Waals surface area contributed by atoms with Crippen LogP contribution >= 0.6 is 0 Å². The summed E-state index contributed by atoms with van der Waals surface area (Å²) >= 11 is 0. The van der Waals surface area contributed by atoms with Crippen molar-refractivity contribution in [2.45, 2.75) is 30.2 Å². The average Bonchev–Trinajstić information content (AvgIpc) is 3.01. The van der Waals surface area contributed by atoms with Crippen molar-refractivity contribution < 1.29 is 8.42 Å². The summed E-state index contributed by atoms with van der Waals surface area (Å²) in [7, 11) is -3.37. The number of sulfonamides is 1. The fourth-order valence-electron chi connectivity index (χ4n) is 3.01. The van der Waals surface area contributed by atoms with Gasteiger partial charge in [-0.15, -0.1) is 0 Å². The molecule has 1 saturated heterocycles. The third-order valence-electron chi connectivity index (χ3n) is 3.95. The molecule has 0 spiro atoms. The number of rotatable bonds is 2. The highest BCUT2D eigenvalue weighted by molar-refractivity contribution is 7.89. The molecule has 5 heteroatoms.